The van der Waals surface area contributed by atoms with E-state index < -0.39 is 0 Å². The Kier molecular flexibility index (Phi) is 6.00. The van der Waals surface area contributed by atoms with Gasteiger partial charge in [-0.3, -0.25) is 10.3 Å². The van der Waals surface area contributed by atoms with E-state index in [4.69, 9.17) is 0 Å². The fraction of sp³-hybridized carbons (Fsp3) is 0.333. The summed E-state index contributed by atoms with van der Waals surface area (Å²) >= 11 is 1.30. The number of nitrogens with zero attached hydrogens (tertiary/aromatic N) is 4. The quantitative estimate of drug-likeness (QED) is 0.639. The first-order chi connectivity index (χ1) is 14.2. The SMILES string of the molecule is O=C(Nc1nnc(-c2ccccn2)s1)N(Cc1ccccc1O)C1CCCCC1. The van der Waals surface area contributed by atoms with Crippen LogP contribution in [0.1, 0.15) is 37.7 Å². The van der Waals surface area contributed by atoms with Crippen LogP contribution in [-0.2, 0) is 6.54 Å². The largest absolute Gasteiger partial charge is 0.508 e. The van der Waals surface area contributed by atoms with E-state index in [1.165, 1.54) is 17.8 Å². The van der Waals surface area contributed by atoms with Crippen molar-refractivity contribution in [3.8, 4) is 16.5 Å². The first-order valence-electron chi connectivity index (χ1n) is 9.80. The van der Waals surface area contributed by atoms with Gasteiger partial charge in [-0.2, -0.15) is 0 Å². The van der Waals surface area contributed by atoms with Crippen LogP contribution in [0.15, 0.2) is 48.7 Å². The number of carbonyl (C=O) groups is 1. The Morgan fingerprint density at radius 2 is 1.90 bits per heavy atom. The van der Waals surface area contributed by atoms with Gasteiger partial charge < -0.3 is 10.0 Å². The molecule has 3 aromatic rings. The first-order valence-corrected chi connectivity index (χ1v) is 10.6. The number of para-hydroxylation sites is 1. The molecule has 0 saturated heterocycles. The van der Waals surface area contributed by atoms with E-state index >= 15 is 0 Å². The minimum Gasteiger partial charge on any atom is -0.508 e. The van der Waals surface area contributed by atoms with Gasteiger partial charge in [0.1, 0.15) is 11.4 Å². The van der Waals surface area contributed by atoms with Crippen molar-refractivity contribution in [2.45, 2.75) is 44.7 Å². The number of pyridine rings is 1. The number of aromatic nitrogens is 3. The van der Waals surface area contributed by atoms with Crippen LogP contribution in [0.3, 0.4) is 0 Å². The highest BCUT2D eigenvalue weighted by molar-refractivity contribution is 7.18. The number of benzene rings is 1. The van der Waals surface area contributed by atoms with Crippen molar-refractivity contribution in [1.82, 2.24) is 20.1 Å². The van der Waals surface area contributed by atoms with Crippen molar-refractivity contribution in [3.63, 3.8) is 0 Å². The number of hydrogen-bond acceptors (Lipinski definition) is 6. The van der Waals surface area contributed by atoms with Gasteiger partial charge in [-0.1, -0.05) is 54.9 Å². The summed E-state index contributed by atoms with van der Waals surface area (Å²) < 4.78 is 0. The lowest BCUT2D eigenvalue weighted by Gasteiger charge is -2.34. The molecule has 1 aromatic carbocycles. The number of hydrogen-bond donors (Lipinski definition) is 2. The van der Waals surface area contributed by atoms with Gasteiger partial charge in [0.05, 0.1) is 6.54 Å². The Morgan fingerprint density at radius 3 is 2.66 bits per heavy atom. The summed E-state index contributed by atoms with van der Waals surface area (Å²) in [5.41, 5.74) is 1.46. The molecule has 4 rings (SSSR count). The molecule has 2 heterocycles. The van der Waals surface area contributed by atoms with Crippen LogP contribution in [0.5, 0.6) is 5.75 Å². The van der Waals surface area contributed by atoms with E-state index in [1.807, 2.05) is 35.2 Å². The first kappa shape index (κ1) is 19.3. The van der Waals surface area contributed by atoms with Gasteiger partial charge in [0, 0.05) is 17.8 Å². The molecule has 2 amide bonds. The van der Waals surface area contributed by atoms with Crippen molar-refractivity contribution in [3.05, 3.63) is 54.2 Å². The molecule has 0 radical (unpaired) electrons. The van der Waals surface area contributed by atoms with Crippen LogP contribution in [0.4, 0.5) is 9.93 Å². The van der Waals surface area contributed by atoms with Gasteiger partial charge in [0.2, 0.25) is 5.13 Å². The molecule has 0 aliphatic heterocycles. The van der Waals surface area contributed by atoms with Crippen LogP contribution in [0.25, 0.3) is 10.7 Å². The third kappa shape index (κ3) is 4.71. The zero-order chi connectivity index (χ0) is 20.1. The fourth-order valence-corrected chi connectivity index (χ4v) is 4.33. The van der Waals surface area contributed by atoms with Crippen LogP contribution in [-0.4, -0.2) is 37.3 Å². The molecule has 1 aliphatic carbocycles. The molecule has 7 nitrogen and oxygen atoms in total. The lowest BCUT2D eigenvalue weighted by molar-refractivity contribution is 0.162. The number of anilines is 1. The maximum absolute atomic E-state index is 13.1. The Balaban J connectivity index is 1.52. The molecule has 0 atom stereocenters. The molecule has 1 aliphatic rings. The van der Waals surface area contributed by atoms with Crippen LogP contribution in [0.2, 0.25) is 0 Å². The highest BCUT2D eigenvalue weighted by Crippen LogP contribution is 2.28. The summed E-state index contributed by atoms with van der Waals surface area (Å²) in [5, 5.41) is 22.4. The number of carbonyl (C=O) groups excluding carboxylic acids is 1. The average molecular weight is 410 g/mol. The van der Waals surface area contributed by atoms with E-state index in [9.17, 15) is 9.90 Å². The Bertz CT molecular complexity index is 956. The summed E-state index contributed by atoms with van der Waals surface area (Å²) in [6.45, 7) is 0.356. The number of nitrogens with one attached hydrogen (secondary N) is 1. The number of phenols is 1. The molecule has 0 spiro atoms. The minimum atomic E-state index is -0.219. The van der Waals surface area contributed by atoms with E-state index in [1.54, 1.807) is 18.3 Å². The molecule has 29 heavy (non-hydrogen) atoms. The van der Waals surface area contributed by atoms with Crippen molar-refractivity contribution >= 4 is 22.5 Å². The molecule has 0 bridgehead atoms. The number of amides is 2. The molecule has 0 unspecified atom stereocenters. The van der Waals surface area contributed by atoms with Gasteiger partial charge in [0.25, 0.3) is 0 Å². The Labute approximate surface area is 173 Å². The number of urea groups is 1. The van der Waals surface area contributed by atoms with E-state index in [0.29, 0.717) is 16.7 Å². The standard InChI is InChI=1S/C21H23N5O2S/c27-18-12-5-4-8-15(18)14-26(16-9-2-1-3-10-16)21(28)23-20-25-24-19(29-20)17-11-6-7-13-22-17/h4-8,11-13,16,27H,1-3,9-10,14H2,(H,23,25,28). The fourth-order valence-electron chi connectivity index (χ4n) is 3.62. The monoisotopic (exact) mass is 409 g/mol. The lowest BCUT2D eigenvalue weighted by Crippen LogP contribution is -2.43. The maximum atomic E-state index is 13.1. The highest BCUT2D eigenvalue weighted by Gasteiger charge is 2.27. The smallest absolute Gasteiger partial charge is 0.324 e. The van der Waals surface area contributed by atoms with Crippen LogP contribution in [0, 0.1) is 0 Å². The summed E-state index contributed by atoms with van der Waals surface area (Å²) in [6.07, 6.45) is 7.06. The summed E-state index contributed by atoms with van der Waals surface area (Å²) in [4.78, 5) is 19.2. The molecule has 8 heteroatoms. The van der Waals surface area contributed by atoms with Crippen molar-refractivity contribution in [1.29, 1.82) is 0 Å². The normalized spacial score (nSPS) is 14.5. The summed E-state index contributed by atoms with van der Waals surface area (Å²) in [7, 11) is 0. The predicted octanol–water partition coefficient (Wildman–Crippen LogP) is 4.67. The Morgan fingerprint density at radius 1 is 1.10 bits per heavy atom. The van der Waals surface area contributed by atoms with Crippen molar-refractivity contribution in [2.24, 2.45) is 0 Å². The van der Waals surface area contributed by atoms with Gasteiger partial charge in [0.15, 0.2) is 5.01 Å². The van der Waals surface area contributed by atoms with Crippen LogP contribution < -0.4 is 5.32 Å². The van der Waals surface area contributed by atoms with E-state index in [-0.39, 0.29) is 17.8 Å². The number of rotatable bonds is 5. The number of phenolic OH excluding ortho intramolecular Hbond substituents is 1. The number of aromatic hydroxyl groups is 1. The second kappa shape index (κ2) is 9.00. The molecular formula is C21H23N5O2S. The van der Waals surface area contributed by atoms with Gasteiger partial charge in [-0.25, -0.2) is 4.79 Å². The molecule has 1 saturated carbocycles. The van der Waals surface area contributed by atoms with Gasteiger partial charge >= 0.3 is 6.03 Å². The summed E-state index contributed by atoms with van der Waals surface area (Å²) in [6, 6.07) is 12.7. The van der Waals surface area contributed by atoms with Gasteiger partial charge in [-0.15, -0.1) is 10.2 Å². The topological polar surface area (TPSA) is 91.2 Å². The Hall–Kier alpha value is -3.00. The van der Waals surface area contributed by atoms with Crippen molar-refractivity contribution in [2.75, 3.05) is 5.32 Å². The third-order valence-electron chi connectivity index (χ3n) is 5.13. The zero-order valence-corrected chi connectivity index (χ0v) is 16.8. The predicted molar refractivity (Wildman–Crippen MR) is 113 cm³/mol. The molecule has 2 aromatic heterocycles. The maximum Gasteiger partial charge on any atom is 0.324 e. The van der Waals surface area contributed by atoms with E-state index in [2.05, 4.69) is 20.5 Å². The minimum absolute atomic E-state index is 0.145. The summed E-state index contributed by atoms with van der Waals surface area (Å²) in [5.74, 6) is 0.203. The second-order valence-corrected chi connectivity index (χ2v) is 8.08. The molecule has 1 fully saturated rings. The van der Waals surface area contributed by atoms with Gasteiger partial charge in [-0.05, 0) is 31.0 Å². The zero-order valence-electron chi connectivity index (χ0n) is 16.0. The third-order valence-corrected chi connectivity index (χ3v) is 5.99. The molecule has 2 N–H and O–H groups in total. The van der Waals surface area contributed by atoms with Crippen LogP contribution >= 0.6 is 11.3 Å². The molecular weight excluding hydrogens is 386 g/mol. The van der Waals surface area contributed by atoms with Crippen molar-refractivity contribution < 1.29 is 9.90 Å². The lowest BCUT2D eigenvalue weighted by atomic mass is 9.94. The second-order valence-electron chi connectivity index (χ2n) is 7.11. The average Bonchev–Trinajstić information content (AvgIpc) is 3.23. The molecule has 150 valence electrons. The van der Waals surface area contributed by atoms with E-state index in [0.717, 1.165) is 36.9 Å². The highest BCUT2D eigenvalue weighted by atomic mass is 32.1.